The zero-order chi connectivity index (χ0) is 16.5. The normalized spacial score (nSPS) is 11.2. The summed E-state index contributed by atoms with van der Waals surface area (Å²) in [5.41, 5.74) is 1.18. The Bertz CT molecular complexity index is 830. The average Bonchev–Trinajstić information content (AvgIpc) is 2.36. The fraction of sp³-hybridized carbons (Fsp3) is 0.143. The first-order valence-electron chi connectivity index (χ1n) is 6.24. The molecule has 0 aromatic heterocycles. The maximum atomic E-state index is 13.3. The van der Waals surface area contributed by atoms with Crippen LogP contribution in [0.15, 0.2) is 41.3 Å². The SMILES string of the molecule is Cc1cc(C)cc(NS(=O)(=O)c2ccc(F)c([N+](=O)[O-])c2)c1. The highest BCUT2D eigenvalue weighted by Crippen LogP contribution is 2.24. The maximum absolute atomic E-state index is 13.3. The molecule has 0 unspecified atom stereocenters. The molecule has 0 bridgehead atoms. The van der Waals surface area contributed by atoms with E-state index < -0.39 is 26.5 Å². The summed E-state index contributed by atoms with van der Waals surface area (Å²) in [6.07, 6.45) is 0. The van der Waals surface area contributed by atoms with Gasteiger partial charge in [-0.25, -0.2) is 8.42 Å². The van der Waals surface area contributed by atoms with Crippen LogP contribution in [-0.2, 0) is 10.0 Å². The zero-order valence-corrected chi connectivity index (χ0v) is 12.6. The highest BCUT2D eigenvalue weighted by atomic mass is 32.2. The summed E-state index contributed by atoms with van der Waals surface area (Å²) < 4.78 is 40.1. The monoisotopic (exact) mass is 324 g/mol. The van der Waals surface area contributed by atoms with Crippen LogP contribution in [0, 0.1) is 29.8 Å². The number of anilines is 1. The molecular weight excluding hydrogens is 311 g/mol. The number of halogens is 1. The number of nitrogens with zero attached hydrogens (tertiary/aromatic N) is 1. The topological polar surface area (TPSA) is 89.3 Å². The molecule has 2 rings (SSSR count). The van der Waals surface area contributed by atoms with Crippen molar-refractivity contribution < 1.29 is 17.7 Å². The van der Waals surface area contributed by atoms with Gasteiger partial charge in [-0.3, -0.25) is 14.8 Å². The molecule has 0 fully saturated rings. The van der Waals surface area contributed by atoms with Crippen molar-refractivity contribution in [1.82, 2.24) is 0 Å². The molecule has 0 aliphatic carbocycles. The molecule has 0 heterocycles. The summed E-state index contributed by atoms with van der Waals surface area (Å²) in [6, 6.07) is 7.56. The Morgan fingerprint density at radius 1 is 1.09 bits per heavy atom. The Morgan fingerprint density at radius 2 is 1.68 bits per heavy atom. The van der Waals surface area contributed by atoms with Gasteiger partial charge < -0.3 is 0 Å². The van der Waals surface area contributed by atoms with Crippen molar-refractivity contribution in [2.24, 2.45) is 0 Å². The molecule has 116 valence electrons. The number of hydrogen-bond donors (Lipinski definition) is 1. The molecule has 0 amide bonds. The molecule has 0 saturated heterocycles. The molecule has 0 atom stereocenters. The second-order valence-electron chi connectivity index (χ2n) is 4.85. The number of rotatable bonds is 4. The molecule has 1 N–H and O–H groups in total. The number of nitrogens with one attached hydrogen (secondary N) is 1. The Labute approximate surface area is 126 Å². The van der Waals surface area contributed by atoms with Gasteiger partial charge in [0.25, 0.3) is 10.0 Å². The fourth-order valence-electron chi connectivity index (χ4n) is 2.05. The summed E-state index contributed by atoms with van der Waals surface area (Å²) in [6.45, 7) is 3.63. The van der Waals surface area contributed by atoms with Gasteiger partial charge in [0.15, 0.2) is 0 Å². The molecule has 0 aliphatic rings. The Balaban J connectivity index is 2.42. The van der Waals surface area contributed by atoms with Crippen LogP contribution in [0.25, 0.3) is 0 Å². The van der Waals surface area contributed by atoms with E-state index in [-0.39, 0.29) is 4.90 Å². The minimum Gasteiger partial charge on any atom is -0.280 e. The van der Waals surface area contributed by atoms with Gasteiger partial charge in [-0.15, -0.1) is 0 Å². The van der Waals surface area contributed by atoms with E-state index in [0.717, 1.165) is 23.3 Å². The zero-order valence-electron chi connectivity index (χ0n) is 11.8. The van der Waals surface area contributed by atoms with E-state index >= 15 is 0 Å². The van der Waals surface area contributed by atoms with Crippen LogP contribution in [0.4, 0.5) is 15.8 Å². The third-order valence-corrected chi connectivity index (χ3v) is 4.28. The van der Waals surface area contributed by atoms with Crippen LogP contribution < -0.4 is 4.72 Å². The van der Waals surface area contributed by atoms with Crippen LogP contribution in [0.2, 0.25) is 0 Å². The summed E-state index contributed by atoms with van der Waals surface area (Å²) in [5.74, 6) is -1.09. The van der Waals surface area contributed by atoms with Crippen molar-refractivity contribution >= 4 is 21.4 Å². The van der Waals surface area contributed by atoms with Crippen molar-refractivity contribution in [2.75, 3.05) is 4.72 Å². The predicted octanol–water partition coefficient (Wildman–Crippen LogP) is 3.15. The van der Waals surface area contributed by atoms with Gasteiger partial charge in [-0.2, -0.15) is 4.39 Å². The molecule has 2 aromatic rings. The maximum Gasteiger partial charge on any atom is 0.306 e. The number of benzene rings is 2. The lowest BCUT2D eigenvalue weighted by Gasteiger charge is -2.10. The quantitative estimate of drug-likeness (QED) is 0.691. The Hall–Kier alpha value is -2.48. The molecule has 0 aliphatic heterocycles. The van der Waals surface area contributed by atoms with Gasteiger partial charge in [0.1, 0.15) is 0 Å². The molecule has 22 heavy (non-hydrogen) atoms. The van der Waals surface area contributed by atoms with Crippen LogP contribution in [0.5, 0.6) is 0 Å². The highest BCUT2D eigenvalue weighted by molar-refractivity contribution is 7.92. The highest BCUT2D eigenvalue weighted by Gasteiger charge is 2.21. The van der Waals surface area contributed by atoms with Gasteiger partial charge >= 0.3 is 5.69 Å². The minimum atomic E-state index is -4.04. The Kier molecular flexibility index (Phi) is 4.14. The molecule has 0 saturated carbocycles. The first-order valence-corrected chi connectivity index (χ1v) is 7.72. The number of hydrogen-bond acceptors (Lipinski definition) is 4. The predicted molar refractivity (Wildman–Crippen MR) is 79.8 cm³/mol. The number of sulfonamides is 1. The van der Waals surface area contributed by atoms with Gasteiger partial charge in [0.2, 0.25) is 5.82 Å². The van der Waals surface area contributed by atoms with Gasteiger partial charge in [0, 0.05) is 11.8 Å². The number of aryl methyl sites for hydroxylation is 2. The van der Waals surface area contributed by atoms with E-state index in [0.29, 0.717) is 11.8 Å². The molecule has 0 spiro atoms. The first kappa shape index (κ1) is 15.9. The van der Waals surface area contributed by atoms with Crippen molar-refractivity contribution in [2.45, 2.75) is 18.7 Å². The van der Waals surface area contributed by atoms with Crippen LogP contribution in [-0.4, -0.2) is 13.3 Å². The molecule has 8 heteroatoms. The van der Waals surface area contributed by atoms with Crippen molar-refractivity contribution in [3.63, 3.8) is 0 Å². The Morgan fingerprint density at radius 3 is 2.23 bits per heavy atom. The van der Waals surface area contributed by atoms with E-state index in [2.05, 4.69) is 4.72 Å². The summed E-state index contributed by atoms with van der Waals surface area (Å²) in [5, 5.41) is 10.7. The van der Waals surface area contributed by atoms with Gasteiger partial charge in [-0.05, 0) is 49.2 Å². The number of nitro groups is 1. The summed E-state index contributed by atoms with van der Waals surface area (Å²) in [7, 11) is -4.04. The largest absolute Gasteiger partial charge is 0.306 e. The second-order valence-corrected chi connectivity index (χ2v) is 6.53. The lowest BCUT2D eigenvalue weighted by molar-refractivity contribution is -0.387. The molecule has 2 aromatic carbocycles. The molecular formula is C14H13FN2O4S. The van der Waals surface area contributed by atoms with Gasteiger partial charge in [0.05, 0.1) is 9.82 Å². The second kappa shape index (κ2) is 5.72. The van der Waals surface area contributed by atoms with Crippen molar-refractivity contribution in [1.29, 1.82) is 0 Å². The van der Waals surface area contributed by atoms with E-state index in [1.807, 2.05) is 19.9 Å². The third kappa shape index (κ3) is 3.40. The summed E-state index contributed by atoms with van der Waals surface area (Å²) >= 11 is 0. The fourth-order valence-corrected chi connectivity index (χ4v) is 3.11. The van der Waals surface area contributed by atoms with Crippen LogP contribution >= 0.6 is 0 Å². The smallest absolute Gasteiger partial charge is 0.280 e. The van der Waals surface area contributed by atoms with Crippen LogP contribution in [0.3, 0.4) is 0 Å². The summed E-state index contributed by atoms with van der Waals surface area (Å²) in [4.78, 5) is 9.36. The lowest BCUT2D eigenvalue weighted by atomic mass is 10.1. The van der Waals surface area contributed by atoms with E-state index in [9.17, 15) is 22.9 Å². The van der Waals surface area contributed by atoms with Gasteiger partial charge in [-0.1, -0.05) is 6.07 Å². The first-order chi connectivity index (χ1) is 10.2. The number of nitro benzene ring substituents is 1. The van der Waals surface area contributed by atoms with E-state index in [1.54, 1.807) is 12.1 Å². The van der Waals surface area contributed by atoms with E-state index in [1.165, 1.54) is 0 Å². The standard InChI is InChI=1S/C14H13FN2O4S/c1-9-5-10(2)7-11(6-9)16-22(20,21)12-3-4-13(15)14(8-12)17(18)19/h3-8,16H,1-2H3. The van der Waals surface area contributed by atoms with E-state index in [4.69, 9.17) is 0 Å². The van der Waals surface area contributed by atoms with Crippen molar-refractivity contribution in [3.05, 3.63) is 63.5 Å². The average molecular weight is 324 g/mol. The lowest BCUT2D eigenvalue weighted by Crippen LogP contribution is -2.13. The van der Waals surface area contributed by atoms with Crippen LogP contribution in [0.1, 0.15) is 11.1 Å². The third-order valence-electron chi connectivity index (χ3n) is 2.90. The molecule has 0 radical (unpaired) electrons. The minimum absolute atomic E-state index is 0.337. The molecule has 6 nitrogen and oxygen atoms in total. The van der Waals surface area contributed by atoms with Crippen molar-refractivity contribution in [3.8, 4) is 0 Å².